The zero-order chi connectivity index (χ0) is 17.5. The minimum atomic E-state index is -0.964. The van der Waals surface area contributed by atoms with Crippen molar-refractivity contribution in [1.82, 2.24) is 10.1 Å². The van der Waals surface area contributed by atoms with Crippen LogP contribution in [0.4, 0.5) is 0 Å². The number of hydrogen-bond acceptors (Lipinski definition) is 6. The predicted octanol–water partition coefficient (Wildman–Crippen LogP) is 2.82. The van der Waals surface area contributed by atoms with Crippen LogP contribution in [-0.4, -0.2) is 38.5 Å². The lowest BCUT2D eigenvalue weighted by Gasteiger charge is -2.20. The van der Waals surface area contributed by atoms with Crippen molar-refractivity contribution in [1.29, 1.82) is 0 Å². The van der Waals surface area contributed by atoms with Crippen LogP contribution >= 0.6 is 0 Å². The van der Waals surface area contributed by atoms with Gasteiger partial charge in [-0.25, -0.2) is 0 Å². The number of aryl methyl sites for hydroxylation is 1. The number of ether oxygens (including phenoxy) is 1. The lowest BCUT2D eigenvalue weighted by Crippen LogP contribution is -2.26. The Morgan fingerprint density at radius 2 is 2.21 bits per heavy atom. The van der Waals surface area contributed by atoms with Crippen molar-refractivity contribution in [2.45, 2.75) is 51.7 Å². The number of aliphatic carboxylic acids is 1. The molecule has 1 heterocycles. The molecule has 7 nitrogen and oxygen atoms in total. The van der Waals surface area contributed by atoms with Crippen molar-refractivity contribution in [3.05, 3.63) is 30.2 Å². The standard InChI is InChI=1S/C17H22N2O5/c1-3-5-13(20)9-15(10-16(21)22)23-14-7-4-6-12(8-14)17-18-11(2)24-19-17/h4,6-8,13,15,20H,3,5,9-10H2,1-2H3,(H,21,22)/t13-,15-/m1/s1. The average Bonchev–Trinajstić information content (AvgIpc) is 2.93. The molecule has 2 aromatic rings. The molecular formula is C17H22N2O5. The third-order valence-electron chi connectivity index (χ3n) is 3.48. The molecule has 0 aliphatic carbocycles. The van der Waals surface area contributed by atoms with Crippen LogP contribution in [0.25, 0.3) is 11.4 Å². The second kappa shape index (κ2) is 8.44. The largest absolute Gasteiger partial charge is 0.490 e. The maximum atomic E-state index is 11.0. The van der Waals surface area contributed by atoms with Crippen LogP contribution in [0.5, 0.6) is 5.75 Å². The van der Waals surface area contributed by atoms with Gasteiger partial charge in [-0.05, 0) is 18.6 Å². The Bertz CT molecular complexity index is 671. The van der Waals surface area contributed by atoms with Gasteiger partial charge in [0, 0.05) is 18.9 Å². The third kappa shape index (κ3) is 5.34. The fourth-order valence-electron chi connectivity index (χ4n) is 2.44. The molecular weight excluding hydrogens is 312 g/mol. The van der Waals surface area contributed by atoms with Crippen LogP contribution in [0.1, 0.15) is 38.5 Å². The van der Waals surface area contributed by atoms with Gasteiger partial charge < -0.3 is 19.5 Å². The van der Waals surface area contributed by atoms with E-state index in [1.54, 1.807) is 25.1 Å². The highest BCUT2D eigenvalue weighted by Crippen LogP contribution is 2.24. The van der Waals surface area contributed by atoms with Gasteiger partial charge >= 0.3 is 5.97 Å². The summed E-state index contributed by atoms with van der Waals surface area (Å²) in [6.45, 7) is 3.67. The number of benzene rings is 1. The number of hydrogen-bond donors (Lipinski definition) is 2. The molecule has 0 unspecified atom stereocenters. The number of aliphatic hydroxyl groups is 1. The highest BCUT2D eigenvalue weighted by molar-refractivity contribution is 5.67. The number of nitrogens with zero attached hydrogens (tertiary/aromatic N) is 2. The van der Waals surface area contributed by atoms with Crippen molar-refractivity contribution in [3.8, 4) is 17.1 Å². The molecule has 0 amide bonds. The molecule has 7 heteroatoms. The molecule has 0 fully saturated rings. The molecule has 130 valence electrons. The number of aliphatic hydroxyl groups excluding tert-OH is 1. The third-order valence-corrected chi connectivity index (χ3v) is 3.48. The Hall–Kier alpha value is -2.41. The fourth-order valence-corrected chi connectivity index (χ4v) is 2.44. The maximum absolute atomic E-state index is 11.0. The summed E-state index contributed by atoms with van der Waals surface area (Å²) in [5.41, 5.74) is 0.715. The minimum absolute atomic E-state index is 0.174. The van der Waals surface area contributed by atoms with E-state index < -0.39 is 18.2 Å². The predicted molar refractivity (Wildman–Crippen MR) is 86.7 cm³/mol. The van der Waals surface area contributed by atoms with E-state index in [9.17, 15) is 9.90 Å². The van der Waals surface area contributed by atoms with Gasteiger partial charge in [-0.3, -0.25) is 4.79 Å². The first-order valence-electron chi connectivity index (χ1n) is 7.95. The van der Waals surface area contributed by atoms with Crippen molar-refractivity contribution in [3.63, 3.8) is 0 Å². The Labute approximate surface area is 140 Å². The first kappa shape index (κ1) is 17.9. The number of aromatic nitrogens is 2. The Balaban J connectivity index is 2.11. The summed E-state index contributed by atoms with van der Waals surface area (Å²) in [7, 11) is 0. The lowest BCUT2D eigenvalue weighted by molar-refractivity contribution is -0.139. The average molecular weight is 334 g/mol. The zero-order valence-corrected chi connectivity index (χ0v) is 13.8. The number of carboxylic acid groups (broad SMARTS) is 1. The summed E-state index contributed by atoms with van der Waals surface area (Å²) in [6, 6.07) is 7.05. The van der Waals surface area contributed by atoms with Crippen LogP contribution < -0.4 is 4.74 Å². The van der Waals surface area contributed by atoms with Crippen LogP contribution in [0, 0.1) is 6.92 Å². The van der Waals surface area contributed by atoms with Gasteiger partial charge in [-0.2, -0.15) is 4.98 Å². The van der Waals surface area contributed by atoms with E-state index in [1.165, 1.54) is 0 Å². The molecule has 0 spiro atoms. The van der Waals surface area contributed by atoms with E-state index in [1.807, 2.05) is 13.0 Å². The SMILES string of the molecule is CCC[C@@H](O)C[C@H](CC(=O)O)Oc1cccc(-c2noc(C)n2)c1. The highest BCUT2D eigenvalue weighted by atomic mass is 16.5. The Kier molecular flexibility index (Phi) is 6.31. The van der Waals surface area contributed by atoms with E-state index in [4.69, 9.17) is 14.4 Å². The van der Waals surface area contributed by atoms with Crippen molar-refractivity contribution in [2.75, 3.05) is 0 Å². The molecule has 0 radical (unpaired) electrons. The molecule has 2 atom stereocenters. The summed E-state index contributed by atoms with van der Waals surface area (Å²) in [6.07, 6.45) is 0.349. The number of rotatable bonds is 9. The quantitative estimate of drug-likeness (QED) is 0.726. The summed E-state index contributed by atoms with van der Waals surface area (Å²) in [5.74, 6) is 0.445. The molecule has 0 aliphatic rings. The molecule has 0 saturated heterocycles. The number of carboxylic acids is 1. The van der Waals surface area contributed by atoms with E-state index >= 15 is 0 Å². The molecule has 2 rings (SSSR count). The smallest absolute Gasteiger partial charge is 0.307 e. The first-order chi connectivity index (χ1) is 11.5. The molecule has 1 aromatic heterocycles. The monoisotopic (exact) mass is 334 g/mol. The minimum Gasteiger partial charge on any atom is -0.490 e. The number of carbonyl (C=O) groups is 1. The van der Waals surface area contributed by atoms with E-state index in [0.29, 0.717) is 29.4 Å². The molecule has 24 heavy (non-hydrogen) atoms. The lowest BCUT2D eigenvalue weighted by atomic mass is 10.0. The van der Waals surface area contributed by atoms with Gasteiger partial charge in [0.2, 0.25) is 11.7 Å². The fraction of sp³-hybridized carbons (Fsp3) is 0.471. The first-order valence-corrected chi connectivity index (χ1v) is 7.95. The van der Waals surface area contributed by atoms with Crippen molar-refractivity contribution in [2.24, 2.45) is 0 Å². The van der Waals surface area contributed by atoms with Crippen LogP contribution in [0.2, 0.25) is 0 Å². The van der Waals surface area contributed by atoms with E-state index in [-0.39, 0.29) is 12.8 Å². The molecule has 1 aromatic carbocycles. The maximum Gasteiger partial charge on any atom is 0.307 e. The van der Waals surface area contributed by atoms with Crippen LogP contribution in [0.3, 0.4) is 0 Å². The Morgan fingerprint density at radius 3 is 2.83 bits per heavy atom. The molecule has 0 saturated carbocycles. The zero-order valence-electron chi connectivity index (χ0n) is 13.8. The van der Waals surface area contributed by atoms with Gasteiger partial charge in [0.15, 0.2) is 0 Å². The summed E-state index contributed by atoms with van der Waals surface area (Å²) in [4.78, 5) is 15.2. The van der Waals surface area contributed by atoms with Gasteiger partial charge in [-0.1, -0.05) is 30.6 Å². The van der Waals surface area contributed by atoms with Crippen molar-refractivity contribution >= 4 is 5.97 Å². The molecule has 0 aliphatic heterocycles. The summed E-state index contributed by atoms with van der Waals surface area (Å²) in [5, 5.41) is 22.8. The summed E-state index contributed by atoms with van der Waals surface area (Å²) < 4.78 is 10.7. The highest BCUT2D eigenvalue weighted by Gasteiger charge is 2.19. The molecule has 2 N–H and O–H groups in total. The van der Waals surface area contributed by atoms with Gasteiger partial charge in [0.1, 0.15) is 11.9 Å². The summed E-state index contributed by atoms with van der Waals surface area (Å²) >= 11 is 0. The van der Waals surface area contributed by atoms with Crippen molar-refractivity contribution < 1.29 is 24.3 Å². The van der Waals surface area contributed by atoms with Gasteiger partial charge in [0.05, 0.1) is 12.5 Å². The topological polar surface area (TPSA) is 106 Å². The second-order valence-electron chi connectivity index (χ2n) is 5.68. The van der Waals surface area contributed by atoms with Gasteiger partial charge in [0.25, 0.3) is 0 Å². The molecule has 0 bridgehead atoms. The van der Waals surface area contributed by atoms with Gasteiger partial charge in [-0.15, -0.1) is 0 Å². The van der Waals surface area contributed by atoms with E-state index in [0.717, 1.165) is 6.42 Å². The van der Waals surface area contributed by atoms with E-state index in [2.05, 4.69) is 10.1 Å². The normalized spacial score (nSPS) is 13.5. The Morgan fingerprint density at radius 1 is 1.42 bits per heavy atom. The second-order valence-corrected chi connectivity index (χ2v) is 5.68. The van der Waals surface area contributed by atoms with Crippen LogP contribution in [-0.2, 0) is 4.79 Å². The van der Waals surface area contributed by atoms with Crippen LogP contribution in [0.15, 0.2) is 28.8 Å².